The van der Waals surface area contributed by atoms with Crippen LogP contribution in [-0.4, -0.2) is 46.6 Å². The van der Waals surface area contributed by atoms with E-state index in [4.69, 9.17) is 0 Å². The van der Waals surface area contributed by atoms with Crippen LogP contribution in [0.2, 0.25) is 0 Å². The summed E-state index contributed by atoms with van der Waals surface area (Å²) in [5.74, 6) is -0.115. The van der Waals surface area contributed by atoms with E-state index in [-0.39, 0.29) is 18.0 Å². The zero-order valence-electron chi connectivity index (χ0n) is 12.8. The number of carboxylic acids is 1. The van der Waals surface area contributed by atoms with Crippen molar-refractivity contribution in [3.05, 3.63) is 0 Å². The lowest BCUT2D eigenvalue weighted by molar-refractivity contribution is -0.151. The molecule has 5 atom stereocenters. The van der Waals surface area contributed by atoms with Gasteiger partial charge in [-0.25, -0.2) is 4.79 Å². The van der Waals surface area contributed by atoms with Crippen molar-refractivity contribution in [1.29, 1.82) is 0 Å². The number of piperidine rings is 1. The lowest BCUT2D eigenvalue weighted by Gasteiger charge is -2.38. The lowest BCUT2D eigenvalue weighted by Crippen LogP contribution is -2.57. The average Bonchev–Trinajstić information content (AvgIpc) is 2.86. The maximum Gasteiger partial charge on any atom is 0.326 e. The first kappa shape index (κ1) is 14.8. The Morgan fingerprint density at radius 3 is 2.62 bits per heavy atom. The van der Waals surface area contributed by atoms with Gasteiger partial charge < -0.3 is 15.3 Å². The first-order chi connectivity index (χ1) is 10.1. The highest BCUT2D eigenvalue weighted by atomic mass is 16.4. The molecule has 3 rings (SSSR count). The van der Waals surface area contributed by atoms with E-state index in [1.807, 2.05) is 0 Å². The van der Waals surface area contributed by atoms with Crippen molar-refractivity contribution in [2.24, 2.45) is 11.8 Å². The molecule has 0 aromatic carbocycles. The summed E-state index contributed by atoms with van der Waals surface area (Å²) in [5.41, 5.74) is 0. The number of nitrogens with one attached hydrogen (secondary N) is 1. The molecular weight excluding hydrogens is 268 g/mol. The number of carbonyl (C=O) groups is 2. The summed E-state index contributed by atoms with van der Waals surface area (Å²) in [5, 5.41) is 12.8. The van der Waals surface area contributed by atoms with Gasteiger partial charge in [0.15, 0.2) is 0 Å². The molecule has 5 heteroatoms. The molecule has 0 aromatic heterocycles. The fraction of sp³-hybridized carbons (Fsp3) is 0.875. The standard InChI is InChI=1S/C16H26N2O3/c1-10-5-4-8-17-14(10)15(19)18-12-7-3-2-6-11(12)9-13(18)16(20)21/h10-14,17H,2-9H2,1H3,(H,20,21). The number of aliphatic carboxylic acids is 1. The average molecular weight is 294 g/mol. The molecule has 3 aliphatic rings. The summed E-state index contributed by atoms with van der Waals surface area (Å²) < 4.78 is 0. The molecule has 5 nitrogen and oxygen atoms in total. The van der Waals surface area contributed by atoms with Gasteiger partial charge in [-0.05, 0) is 50.5 Å². The van der Waals surface area contributed by atoms with Crippen molar-refractivity contribution in [2.75, 3.05) is 6.54 Å². The van der Waals surface area contributed by atoms with Gasteiger partial charge in [-0.15, -0.1) is 0 Å². The van der Waals surface area contributed by atoms with Crippen molar-refractivity contribution in [3.8, 4) is 0 Å². The van der Waals surface area contributed by atoms with Crippen LogP contribution < -0.4 is 5.32 Å². The van der Waals surface area contributed by atoms with Crippen LogP contribution in [0.5, 0.6) is 0 Å². The first-order valence-electron chi connectivity index (χ1n) is 8.38. The second kappa shape index (κ2) is 5.95. The molecule has 0 radical (unpaired) electrons. The highest BCUT2D eigenvalue weighted by molar-refractivity contribution is 5.88. The Bertz CT molecular complexity index is 426. The Balaban J connectivity index is 1.82. The molecule has 2 aliphatic heterocycles. The first-order valence-corrected chi connectivity index (χ1v) is 8.38. The number of fused-ring (bicyclic) bond motifs is 1. The molecule has 2 heterocycles. The lowest BCUT2D eigenvalue weighted by atomic mass is 9.84. The molecule has 5 unspecified atom stereocenters. The molecule has 21 heavy (non-hydrogen) atoms. The maximum absolute atomic E-state index is 13.0. The third-order valence-corrected chi connectivity index (χ3v) is 5.66. The van der Waals surface area contributed by atoms with E-state index in [9.17, 15) is 14.7 Å². The van der Waals surface area contributed by atoms with E-state index < -0.39 is 12.0 Å². The molecule has 0 spiro atoms. The fourth-order valence-corrected chi connectivity index (χ4v) is 4.54. The van der Waals surface area contributed by atoms with E-state index >= 15 is 0 Å². The number of hydrogen-bond acceptors (Lipinski definition) is 3. The summed E-state index contributed by atoms with van der Waals surface area (Å²) in [6.07, 6.45) is 7.13. The summed E-state index contributed by atoms with van der Waals surface area (Å²) in [7, 11) is 0. The number of likely N-dealkylation sites (tertiary alicyclic amines) is 1. The van der Waals surface area contributed by atoms with Crippen molar-refractivity contribution in [3.63, 3.8) is 0 Å². The summed E-state index contributed by atoms with van der Waals surface area (Å²) >= 11 is 0. The Labute approximate surface area is 126 Å². The predicted octanol–water partition coefficient (Wildman–Crippen LogP) is 1.62. The number of rotatable bonds is 2. The Morgan fingerprint density at radius 1 is 1.14 bits per heavy atom. The van der Waals surface area contributed by atoms with Crippen LogP contribution in [0, 0.1) is 11.8 Å². The third-order valence-electron chi connectivity index (χ3n) is 5.66. The van der Waals surface area contributed by atoms with E-state index in [1.54, 1.807) is 4.90 Å². The van der Waals surface area contributed by atoms with Gasteiger partial charge in [0.2, 0.25) is 5.91 Å². The van der Waals surface area contributed by atoms with Crippen LogP contribution in [-0.2, 0) is 9.59 Å². The van der Waals surface area contributed by atoms with Crippen LogP contribution in [0.3, 0.4) is 0 Å². The zero-order valence-corrected chi connectivity index (χ0v) is 12.8. The van der Waals surface area contributed by atoms with Crippen LogP contribution in [0.4, 0.5) is 0 Å². The van der Waals surface area contributed by atoms with Crippen molar-refractivity contribution >= 4 is 11.9 Å². The van der Waals surface area contributed by atoms with Crippen LogP contribution in [0.15, 0.2) is 0 Å². The summed E-state index contributed by atoms with van der Waals surface area (Å²) in [6.45, 7) is 2.96. The molecule has 0 bridgehead atoms. The van der Waals surface area contributed by atoms with Crippen LogP contribution in [0.25, 0.3) is 0 Å². The van der Waals surface area contributed by atoms with Crippen LogP contribution >= 0.6 is 0 Å². The maximum atomic E-state index is 13.0. The van der Waals surface area contributed by atoms with Gasteiger partial charge in [-0.1, -0.05) is 19.8 Å². The Morgan fingerprint density at radius 2 is 1.90 bits per heavy atom. The Hall–Kier alpha value is -1.10. The Kier molecular flexibility index (Phi) is 4.20. The van der Waals surface area contributed by atoms with Gasteiger partial charge in [-0.3, -0.25) is 4.79 Å². The SMILES string of the molecule is CC1CCCNC1C(=O)N1C(C(=O)O)CC2CCCCC21. The summed E-state index contributed by atoms with van der Waals surface area (Å²) in [6, 6.07) is -0.647. The second-order valence-corrected chi connectivity index (χ2v) is 7.00. The normalized spacial score (nSPS) is 39.9. The van der Waals surface area contributed by atoms with Crippen LogP contribution in [0.1, 0.15) is 51.9 Å². The molecule has 2 N–H and O–H groups in total. The smallest absolute Gasteiger partial charge is 0.326 e. The largest absolute Gasteiger partial charge is 0.480 e. The van der Waals surface area contributed by atoms with Crippen molar-refractivity contribution in [2.45, 2.75) is 70.0 Å². The number of hydrogen-bond donors (Lipinski definition) is 2. The fourth-order valence-electron chi connectivity index (χ4n) is 4.54. The zero-order chi connectivity index (χ0) is 15.0. The van der Waals surface area contributed by atoms with Gasteiger partial charge in [0.1, 0.15) is 6.04 Å². The van der Waals surface area contributed by atoms with Gasteiger partial charge in [0.25, 0.3) is 0 Å². The third kappa shape index (κ3) is 2.68. The van der Waals surface area contributed by atoms with Gasteiger partial charge in [0.05, 0.1) is 6.04 Å². The molecule has 1 saturated carbocycles. The van der Waals surface area contributed by atoms with Gasteiger partial charge >= 0.3 is 5.97 Å². The molecule has 2 saturated heterocycles. The highest BCUT2D eigenvalue weighted by Crippen LogP contribution is 2.40. The monoisotopic (exact) mass is 294 g/mol. The van der Waals surface area contributed by atoms with Crippen molar-refractivity contribution in [1.82, 2.24) is 10.2 Å². The minimum Gasteiger partial charge on any atom is -0.480 e. The number of amides is 1. The molecule has 118 valence electrons. The molecule has 1 amide bonds. The quantitative estimate of drug-likeness (QED) is 0.812. The predicted molar refractivity (Wildman–Crippen MR) is 78.8 cm³/mol. The van der Waals surface area contributed by atoms with Gasteiger partial charge in [-0.2, -0.15) is 0 Å². The van der Waals surface area contributed by atoms with E-state index in [1.165, 1.54) is 6.42 Å². The van der Waals surface area contributed by atoms with E-state index in [2.05, 4.69) is 12.2 Å². The molecule has 3 fully saturated rings. The number of carbonyl (C=O) groups excluding carboxylic acids is 1. The topological polar surface area (TPSA) is 69.6 Å². The molecule has 1 aliphatic carbocycles. The number of carboxylic acid groups (broad SMARTS) is 1. The van der Waals surface area contributed by atoms with E-state index in [0.717, 1.165) is 38.6 Å². The second-order valence-electron chi connectivity index (χ2n) is 7.00. The van der Waals surface area contributed by atoms with E-state index in [0.29, 0.717) is 18.3 Å². The molecule has 0 aromatic rings. The highest BCUT2D eigenvalue weighted by Gasteiger charge is 2.49. The van der Waals surface area contributed by atoms with Crippen molar-refractivity contribution < 1.29 is 14.7 Å². The number of nitrogens with zero attached hydrogens (tertiary/aromatic N) is 1. The minimum absolute atomic E-state index is 0.0315. The minimum atomic E-state index is -0.832. The van der Waals surface area contributed by atoms with Gasteiger partial charge in [0, 0.05) is 6.04 Å². The summed E-state index contributed by atoms with van der Waals surface area (Å²) in [4.78, 5) is 26.3. The molecular formula is C16H26N2O3.